The molecule has 1 aromatic heterocycles. The molecule has 0 bridgehead atoms. The van der Waals surface area contributed by atoms with E-state index in [1.165, 1.54) is 6.42 Å². The lowest BCUT2D eigenvalue weighted by Crippen LogP contribution is -2.37. The maximum Gasteiger partial charge on any atom is 0.242 e. The number of carbonyl (C=O) groups excluding carboxylic acids is 1. The number of methoxy groups -OCH3 is 1. The van der Waals surface area contributed by atoms with Gasteiger partial charge in [-0.05, 0) is 43.6 Å². The minimum Gasteiger partial charge on any atom is -0.497 e. The Bertz CT molecular complexity index is 713. The van der Waals surface area contributed by atoms with Crippen LogP contribution in [0.5, 0.6) is 5.75 Å². The molecule has 3 rings (SSSR count). The van der Waals surface area contributed by atoms with Crippen molar-refractivity contribution in [3.8, 4) is 5.75 Å². The number of rotatable bonds is 3. The normalized spacial score (nSPS) is 15.4. The van der Waals surface area contributed by atoms with Crippen LogP contribution in [0.15, 0.2) is 18.2 Å². The topological polar surface area (TPSA) is 50.3 Å². The van der Waals surface area contributed by atoms with E-state index in [1.54, 1.807) is 7.11 Å². The van der Waals surface area contributed by atoms with Crippen LogP contribution in [0.1, 0.15) is 19.3 Å². The molecule has 1 aliphatic heterocycles. The van der Waals surface area contributed by atoms with Crippen LogP contribution in [-0.2, 0) is 11.3 Å². The van der Waals surface area contributed by atoms with E-state index in [2.05, 4.69) is 4.98 Å². The van der Waals surface area contributed by atoms with Crippen molar-refractivity contribution in [3.05, 3.63) is 23.0 Å². The SMILES string of the molecule is COc1ccc2c(c1)[nH]c(=S)n2CC(=O)N1CCCCC1. The zero-order valence-electron chi connectivity index (χ0n) is 12.1. The van der Waals surface area contributed by atoms with Crippen LogP contribution in [0.4, 0.5) is 0 Å². The van der Waals surface area contributed by atoms with E-state index in [-0.39, 0.29) is 5.91 Å². The van der Waals surface area contributed by atoms with Crippen molar-refractivity contribution < 1.29 is 9.53 Å². The molecule has 5 nitrogen and oxygen atoms in total. The molecule has 112 valence electrons. The Hall–Kier alpha value is -1.82. The molecule has 0 radical (unpaired) electrons. The summed E-state index contributed by atoms with van der Waals surface area (Å²) in [5, 5.41) is 0. The number of amides is 1. The fraction of sp³-hybridized carbons (Fsp3) is 0.467. The molecule has 1 fully saturated rings. The van der Waals surface area contributed by atoms with Crippen molar-refractivity contribution in [2.24, 2.45) is 0 Å². The maximum absolute atomic E-state index is 12.4. The zero-order chi connectivity index (χ0) is 14.8. The van der Waals surface area contributed by atoms with Gasteiger partial charge in [0.2, 0.25) is 5.91 Å². The Labute approximate surface area is 128 Å². The largest absolute Gasteiger partial charge is 0.497 e. The summed E-state index contributed by atoms with van der Waals surface area (Å²) in [6, 6.07) is 5.71. The van der Waals surface area contributed by atoms with Gasteiger partial charge in [0.05, 0.1) is 18.1 Å². The van der Waals surface area contributed by atoms with E-state index < -0.39 is 0 Å². The Morgan fingerprint density at radius 3 is 2.81 bits per heavy atom. The van der Waals surface area contributed by atoms with Gasteiger partial charge in [0, 0.05) is 19.2 Å². The number of hydrogen-bond acceptors (Lipinski definition) is 3. The van der Waals surface area contributed by atoms with E-state index in [4.69, 9.17) is 17.0 Å². The van der Waals surface area contributed by atoms with Crippen molar-refractivity contribution in [1.29, 1.82) is 0 Å². The fourth-order valence-electron chi connectivity index (χ4n) is 2.81. The van der Waals surface area contributed by atoms with Gasteiger partial charge < -0.3 is 19.2 Å². The third-order valence-electron chi connectivity index (χ3n) is 3.98. The Balaban J connectivity index is 1.87. The number of piperidine rings is 1. The Morgan fingerprint density at radius 1 is 1.33 bits per heavy atom. The molecule has 0 spiro atoms. The molecular weight excluding hydrogens is 286 g/mol. The van der Waals surface area contributed by atoms with Gasteiger partial charge in [-0.3, -0.25) is 4.79 Å². The van der Waals surface area contributed by atoms with Crippen LogP contribution in [0, 0.1) is 4.77 Å². The molecule has 0 saturated carbocycles. The highest BCUT2D eigenvalue weighted by molar-refractivity contribution is 7.71. The zero-order valence-corrected chi connectivity index (χ0v) is 12.9. The molecular formula is C15H19N3O2S. The molecule has 1 aliphatic rings. The predicted octanol–water partition coefficient (Wildman–Crippen LogP) is 2.72. The van der Waals surface area contributed by atoms with Crippen molar-refractivity contribution in [2.75, 3.05) is 20.2 Å². The highest BCUT2D eigenvalue weighted by Gasteiger charge is 2.18. The van der Waals surface area contributed by atoms with Gasteiger partial charge in [0.25, 0.3) is 0 Å². The summed E-state index contributed by atoms with van der Waals surface area (Å²) in [5.74, 6) is 0.913. The second-order valence-corrected chi connectivity index (χ2v) is 5.73. The first-order valence-electron chi connectivity index (χ1n) is 7.23. The monoisotopic (exact) mass is 305 g/mol. The number of benzene rings is 1. The number of ether oxygens (including phenoxy) is 1. The number of aromatic nitrogens is 2. The molecule has 21 heavy (non-hydrogen) atoms. The van der Waals surface area contributed by atoms with Crippen LogP contribution < -0.4 is 4.74 Å². The van der Waals surface area contributed by atoms with Crippen LogP contribution in [-0.4, -0.2) is 40.6 Å². The Morgan fingerprint density at radius 2 is 2.10 bits per heavy atom. The van der Waals surface area contributed by atoms with E-state index in [1.807, 2.05) is 27.7 Å². The molecule has 1 amide bonds. The van der Waals surface area contributed by atoms with Gasteiger partial charge in [-0.15, -0.1) is 0 Å². The van der Waals surface area contributed by atoms with Crippen molar-refractivity contribution >= 4 is 29.2 Å². The van der Waals surface area contributed by atoms with Gasteiger partial charge in [-0.25, -0.2) is 0 Å². The van der Waals surface area contributed by atoms with Gasteiger partial charge in [-0.2, -0.15) is 0 Å². The number of H-pyrrole nitrogens is 1. The van der Waals surface area contributed by atoms with Crippen molar-refractivity contribution in [2.45, 2.75) is 25.8 Å². The smallest absolute Gasteiger partial charge is 0.242 e. The summed E-state index contributed by atoms with van der Waals surface area (Å²) in [6.45, 7) is 2.02. The summed E-state index contributed by atoms with van der Waals surface area (Å²) < 4.78 is 7.64. The molecule has 1 aromatic carbocycles. The van der Waals surface area contributed by atoms with Crippen molar-refractivity contribution in [1.82, 2.24) is 14.5 Å². The van der Waals surface area contributed by atoms with Crippen LogP contribution >= 0.6 is 12.2 Å². The standard InChI is InChI=1S/C15H19N3O2S/c1-20-11-5-6-13-12(9-11)16-15(21)18(13)10-14(19)17-7-3-2-4-8-17/h5-6,9H,2-4,7-8,10H2,1H3,(H,16,21). The number of nitrogens with zero attached hydrogens (tertiary/aromatic N) is 2. The number of hydrogen-bond donors (Lipinski definition) is 1. The molecule has 2 heterocycles. The van der Waals surface area contributed by atoms with Crippen LogP contribution in [0.25, 0.3) is 11.0 Å². The van der Waals surface area contributed by atoms with E-state index >= 15 is 0 Å². The number of aromatic amines is 1. The quantitative estimate of drug-likeness (QED) is 0.887. The molecule has 0 unspecified atom stereocenters. The number of likely N-dealkylation sites (tertiary alicyclic amines) is 1. The number of nitrogens with one attached hydrogen (secondary N) is 1. The first-order chi connectivity index (χ1) is 10.2. The van der Waals surface area contributed by atoms with Crippen LogP contribution in [0.3, 0.4) is 0 Å². The average Bonchev–Trinajstić information content (AvgIpc) is 2.83. The lowest BCUT2D eigenvalue weighted by molar-refractivity contribution is -0.132. The second kappa shape index (κ2) is 5.89. The average molecular weight is 305 g/mol. The fourth-order valence-corrected chi connectivity index (χ4v) is 3.08. The summed E-state index contributed by atoms with van der Waals surface area (Å²) in [7, 11) is 1.63. The number of carbonyl (C=O) groups is 1. The van der Waals surface area contributed by atoms with Gasteiger partial charge in [0.1, 0.15) is 12.3 Å². The molecule has 1 saturated heterocycles. The minimum atomic E-state index is 0.141. The summed E-state index contributed by atoms with van der Waals surface area (Å²) in [5.41, 5.74) is 1.83. The summed E-state index contributed by atoms with van der Waals surface area (Å²) in [4.78, 5) is 17.5. The number of imidazole rings is 1. The third-order valence-corrected chi connectivity index (χ3v) is 4.31. The van der Waals surface area contributed by atoms with E-state index in [0.717, 1.165) is 42.7 Å². The van der Waals surface area contributed by atoms with Crippen molar-refractivity contribution in [3.63, 3.8) is 0 Å². The third kappa shape index (κ3) is 2.81. The predicted molar refractivity (Wildman–Crippen MR) is 84.1 cm³/mol. The number of fused-ring (bicyclic) bond motifs is 1. The first-order valence-corrected chi connectivity index (χ1v) is 7.64. The molecule has 0 atom stereocenters. The molecule has 6 heteroatoms. The van der Waals surface area contributed by atoms with Gasteiger partial charge in [0.15, 0.2) is 4.77 Å². The lowest BCUT2D eigenvalue weighted by Gasteiger charge is -2.26. The van der Waals surface area contributed by atoms with Crippen LogP contribution in [0.2, 0.25) is 0 Å². The first kappa shape index (κ1) is 14.1. The molecule has 1 N–H and O–H groups in total. The maximum atomic E-state index is 12.4. The highest BCUT2D eigenvalue weighted by atomic mass is 32.1. The second-order valence-electron chi connectivity index (χ2n) is 5.34. The highest BCUT2D eigenvalue weighted by Crippen LogP contribution is 2.21. The summed E-state index contributed by atoms with van der Waals surface area (Å²) in [6.07, 6.45) is 3.42. The lowest BCUT2D eigenvalue weighted by atomic mass is 10.1. The van der Waals surface area contributed by atoms with Gasteiger partial charge >= 0.3 is 0 Å². The van der Waals surface area contributed by atoms with E-state index in [0.29, 0.717) is 11.3 Å². The molecule has 0 aliphatic carbocycles. The minimum absolute atomic E-state index is 0.141. The summed E-state index contributed by atoms with van der Waals surface area (Å²) >= 11 is 5.35. The van der Waals surface area contributed by atoms with Gasteiger partial charge in [-0.1, -0.05) is 0 Å². The van der Waals surface area contributed by atoms with E-state index in [9.17, 15) is 4.79 Å². The molecule has 2 aromatic rings. The Kier molecular flexibility index (Phi) is 3.96.